The number of aromatic nitrogens is 2. The lowest BCUT2D eigenvalue weighted by Crippen LogP contribution is -2.34. The first-order valence-corrected chi connectivity index (χ1v) is 9.25. The van der Waals surface area contributed by atoms with Crippen molar-refractivity contribution in [2.24, 2.45) is 7.05 Å². The molecule has 1 aromatic rings. The summed E-state index contributed by atoms with van der Waals surface area (Å²) in [5, 5.41) is 7.63. The lowest BCUT2D eigenvalue weighted by Gasteiger charge is -2.19. The molecule has 0 aliphatic carbocycles. The lowest BCUT2D eigenvalue weighted by molar-refractivity contribution is -0.144. The molecule has 0 saturated heterocycles. The average Bonchev–Trinajstić information content (AvgIpc) is 2.90. The topological polar surface area (TPSA) is 141 Å². The van der Waals surface area contributed by atoms with Crippen LogP contribution in [-0.4, -0.2) is 52.2 Å². The number of nitrogens with one attached hydrogen (secondary N) is 3. The van der Waals surface area contributed by atoms with Crippen LogP contribution in [0.15, 0.2) is 6.20 Å². The molecular weight excluding hydrogens is 382 g/mol. The van der Waals surface area contributed by atoms with Gasteiger partial charge in [0.25, 0.3) is 0 Å². The van der Waals surface area contributed by atoms with E-state index in [0.717, 1.165) is 0 Å². The van der Waals surface area contributed by atoms with Gasteiger partial charge < -0.3 is 24.7 Å². The summed E-state index contributed by atoms with van der Waals surface area (Å²) in [6, 6.07) is 0. The molecule has 0 unspecified atom stereocenters. The van der Waals surface area contributed by atoms with Gasteiger partial charge in [-0.15, -0.1) is 0 Å². The first-order chi connectivity index (χ1) is 13.5. The van der Waals surface area contributed by atoms with Crippen LogP contribution in [0.25, 0.3) is 0 Å². The lowest BCUT2D eigenvalue weighted by atomic mass is 10.2. The predicted octanol–water partition coefficient (Wildman–Crippen LogP) is 1.56. The van der Waals surface area contributed by atoms with Gasteiger partial charge in [-0.1, -0.05) is 0 Å². The molecule has 11 nitrogen and oxygen atoms in total. The van der Waals surface area contributed by atoms with Crippen molar-refractivity contribution in [1.29, 1.82) is 0 Å². The van der Waals surface area contributed by atoms with Crippen molar-refractivity contribution < 1.29 is 28.7 Å². The second-order valence-corrected chi connectivity index (χ2v) is 7.14. The normalized spacial score (nSPS) is 10.8. The van der Waals surface area contributed by atoms with Gasteiger partial charge in [0, 0.05) is 32.6 Å². The quantitative estimate of drug-likeness (QED) is 0.524. The van der Waals surface area contributed by atoms with Gasteiger partial charge in [-0.2, -0.15) is 4.98 Å². The molecule has 162 valence electrons. The molecule has 0 aliphatic rings. The van der Waals surface area contributed by atoms with Crippen LogP contribution in [0, 0.1) is 0 Å². The van der Waals surface area contributed by atoms with E-state index in [4.69, 9.17) is 9.47 Å². The summed E-state index contributed by atoms with van der Waals surface area (Å²) in [5.74, 6) is -0.738. The molecule has 1 rings (SSSR count). The highest BCUT2D eigenvalue weighted by Gasteiger charge is 2.16. The predicted molar refractivity (Wildman–Crippen MR) is 105 cm³/mol. The molecule has 0 aromatic carbocycles. The number of anilines is 2. The van der Waals surface area contributed by atoms with E-state index in [0.29, 0.717) is 0 Å². The van der Waals surface area contributed by atoms with Gasteiger partial charge in [0.1, 0.15) is 5.60 Å². The third kappa shape index (κ3) is 10.1. The molecule has 1 aromatic heterocycles. The maximum Gasteiger partial charge on any atom is 0.407 e. The minimum Gasteiger partial charge on any atom is -0.466 e. The van der Waals surface area contributed by atoms with Crippen LogP contribution < -0.4 is 16.0 Å². The minimum absolute atomic E-state index is 0.0249. The summed E-state index contributed by atoms with van der Waals surface area (Å²) in [6.07, 6.45) is 0.884. The summed E-state index contributed by atoms with van der Waals surface area (Å²) in [6.45, 7) is 7.28. The Morgan fingerprint density at radius 3 is 2.34 bits per heavy atom. The molecule has 0 radical (unpaired) electrons. The van der Waals surface area contributed by atoms with E-state index < -0.39 is 23.6 Å². The summed E-state index contributed by atoms with van der Waals surface area (Å²) >= 11 is 0. The van der Waals surface area contributed by atoms with Gasteiger partial charge in [0.05, 0.1) is 13.0 Å². The fourth-order valence-corrected chi connectivity index (χ4v) is 2.08. The number of carbonyl (C=O) groups excluding carboxylic acids is 4. The van der Waals surface area contributed by atoms with Crippen LogP contribution in [0.3, 0.4) is 0 Å². The molecule has 29 heavy (non-hydrogen) atoms. The third-order valence-corrected chi connectivity index (χ3v) is 3.28. The van der Waals surface area contributed by atoms with Crippen molar-refractivity contribution in [3.63, 3.8) is 0 Å². The molecule has 0 fully saturated rings. The Balaban J connectivity index is 2.42. The Morgan fingerprint density at radius 2 is 1.72 bits per heavy atom. The molecule has 3 amide bonds. The standard InChI is InChI=1S/C18H29N5O6/c1-6-28-15(26)8-7-13(24)22-16-21-12(11-23(16)5)20-14(25)9-10-19-17(27)29-18(2,3)4/h11H,6-10H2,1-5H3,(H,19,27)(H,20,25)(H,21,22,24). The van der Waals surface area contributed by atoms with Crippen LogP contribution >= 0.6 is 0 Å². The van der Waals surface area contributed by atoms with Gasteiger partial charge in [-0.25, -0.2) is 4.79 Å². The zero-order valence-electron chi connectivity index (χ0n) is 17.5. The highest BCUT2D eigenvalue weighted by molar-refractivity contribution is 5.93. The molecule has 3 N–H and O–H groups in total. The number of nitrogens with zero attached hydrogens (tertiary/aromatic N) is 2. The van der Waals surface area contributed by atoms with E-state index in [1.807, 2.05) is 0 Å². The number of alkyl carbamates (subject to hydrolysis) is 1. The van der Waals surface area contributed by atoms with Gasteiger partial charge in [0.15, 0.2) is 5.82 Å². The monoisotopic (exact) mass is 411 g/mol. The number of ether oxygens (including phenoxy) is 2. The molecule has 0 atom stereocenters. The first-order valence-electron chi connectivity index (χ1n) is 9.25. The molecule has 0 saturated carbocycles. The Labute approximate surface area is 169 Å². The number of carbonyl (C=O) groups is 4. The molecule has 0 bridgehead atoms. The van der Waals surface area contributed by atoms with Crippen LogP contribution in [0.5, 0.6) is 0 Å². The Hall–Kier alpha value is -3.11. The Kier molecular flexibility index (Phi) is 9.10. The van der Waals surface area contributed by atoms with Gasteiger partial charge in [-0.05, 0) is 27.7 Å². The summed E-state index contributed by atoms with van der Waals surface area (Å²) in [4.78, 5) is 50.8. The van der Waals surface area contributed by atoms with E-state index in [1.54, 1.807) is 34.7 Å². The highest BCUT2D eigenvalue weighted by atomic mass is 16.6. The minimum atomic E-state index is -0.614. The number of hydrogen-bond donors (Lipinski definition) is 3. The summed E-state index contributed by atoms with van der Waals surface area (Å²) in [5.41, 5.74) is -0.614. The molecular formula is C18H29N5O6. The zero-order valence-corrected chi connectivity index (χ0v) is 17.5. The van der Waals surface area contributed by atoms with Crippen LogP contribution in [0.1, 0.15) is 47.0 Å². The maximum atomic E-state index is 12.0. The fraction of sp³-hybridized carbons (Fsp3) is 0.611. The SMILES string of the molecule is CCOC(=O)CCC(=O)Nc1nc(NC(=O)CCNC(=O)OC(C)(C)C)cn1C. The second-order valence-electron chi connectivity index (χ2n) is 7.14. The summed E-state index contributed by atoms with van der Waals surface area (Å²) < 4.78 is 11.4. The largest absolute Gasteiger partial charge is 0.466 e. The zero-order chi connectivity index (χ0) is 22.0. The fourth-order valence-electron chi connectivity index (χ4n) is 2.08. The molecule has 0 aliphatic heterocycles. The van der Waals surface area contributed by atoms with Crippen molar-refractivity contribution >= 4 is 35.6 Å². The number of imidazole rings is 1. The number of rotatable bonds is 9. The smallest absolute Gasteiger partial charge is 0.407 e. The molecule has 0 spiro atoms. The van der Waals surface area contributed by atoms with Gasteiger partial charge in [-0.3, -0.25) is 19.7 Å². The van der Waals surface area contributed by atoms with E-state index in [9.17, 15) is 19.2 Å². The molecule has 1 heterocycles. The number of aryl methyl sites for hydroxylation is 1. The van der Waals surface area contributed by atoms with E-state index in [1.165, 1.54) is 10.8 Å². The summed E-state index contributed by atoms with van der Waals surface area (Å²) in [7, 11) is 1.65. The van der Waals surface area contributed by atoms with E-state index >= 15 is 0 Å². The van der Waals surface area contributed by atoms with Gasteiger partial charge in [0.2, 0.25) is 17.8 Å². The van der Waals surface area contributed by atoms with Crippen LogP contribution in [-0.2, 0) is 30.9 Å². The maximum absolute atomic E-state index is 12.0. The number of hydrogen-bond acceptors (Lipinski definition) is 7. The first kappa shape index (κ1) is 23.9. The molecule has 11 heteroatoms. The Bertz CT molecular complexity index is 738. The van der Waals surface area contributed by atoms with Crippen molar-refractivity contribution in [2.75, 3.05) is 23.8 Å². The third-order valence-electron chi connectivity index (χ3n) is 3.28. The second kappa shape index (κ2) is 11.0. The van der Waals surface area contributed by atoms with Crippen molar-refractivity contribution in [1.82, 2.24) is 14.9 Å². The van der Waals surface area contributed by atoms with Crippen LogP contribution in [0.4, 0.5) is 16.6 Å². The number of amides is 3. The average molecular weight is 411 g/mol. The van der Waals surface area contributed by atoms with Crippen LogP contribution in [0.2, 0.25) is 0 Å². The van der Waals surface area contributed by atoms with Gasteiger partial charge >= 0.3 is 12.1 Å². The Morgan fingerprint density at radius 1 is 1.07 bits per heavy atom. The van der Waals surface area contributed by atoms with Crippen molar-refractivity contribution in [3.8, 4) is 0 Å². The van der Waals surface area contributed by atoms with Crippen molar-refractivity contribution in [3.05, 3.63) is 6.20 Å². The number of esters is 1. The van der Waals surface area contributed by atoms with E-state index in [2.05, 4.69) is 20.9 Å². The highest BCUT2D eigenvalue weighted by Crippen LogP contribution is 2.12. The van der Waals surface area contributed by atoms with E-state index in [-0.39, 0.29) is 50.1 Å². The van der Waals surface area contributed by atoms with Crippen molar-refractivity contribution in [2.45, 2.75) is 52.6 Å².